The molecule has 1 saturated heterocycles. The molecule has 1 atom stereocenters. The maximum absolute atomic E-state index is 11.3. The second-order valence-electron chi connectivity index (χ2n) is 4.48. The number of nitrogens with one attached hydrogen (secondary N) is 2. The molecule has 2 amide bonds. The number of hydrogen-bond donors (Lipinski definition) is 2. The first kappa shape index (κ1) is 12.4. The summed E-state index contributed by atoms with van der Waals surface area (Å²) in [5, 5.41) is 5.40. The lowest BCUT2D eigenvalue weighted by Crippen LogP contribution is -2.24. The summed E-state index contributed by atoms with van der Waals surface area (Å²) in [6.07, 6.45) is 2.69. The van der Waals surface area contributed by atoms with Crippen molar-refractivity contribution in [3.63, 3.8) is 0 Å². The van der Waals surface area contributed by atoms with E-state index < -0.39 is 0 Å². The van der Waals surface area contributed by atoms with Crippen LogP contribution < -0.4 is 10.6 Å². The number of hydrogen-bond acceptors (Lipinski definition) is 3. The van der Waals surface area contributed by atoms with Gasteiger partial charge < -0.3 is 5.32 Å². The van der Waals surface area contributed by atoms with Crippen molar-refractivity contribution in [2.45, 2.75) is 25.8 Å². The molecule has 1 heterocycles. The molecule has 0 unspecified atom stereocenters. The highest BCUT2D eigenvalue weighted by Gasteiger charge is 2.23. The minimum absolute atomic E-state index is 0.171. The summed E-state index contributed by atoms with van der Waals surface area (Å²) in [5.74, 6) is -0.525. The predicted molar refractivity (Wildman–Crippen MR) is 68.6 cm³/mol. The van der Waals surface area contributed by atoms with Crippen LogP contribution in [0.2, 0.25) is 0 Å². The average molecular weight is 244 g/mol. The predicted octanol–water partition coefficient (Wildman–Crippen LogP) is 1.14. The number of amides is 2. The molecule has 1 aliphatic rings. The second-order valence-corrected chi connectivity index (χ2v) is 4.48. The summed E-state index contributed by atoms with van der Waals surface area (Å²) in [7, 11) is 0. The smallest absolute Gasteiger partial charge is 0.255 e. The molecular weight excluding hydrogens is 228 g/mol. The third-order valence-corrected chi connectivity index (χ3v) is 2.82. The largest absolute Gasteiger partial charge is 0.388 e. The van der Waals surface area contributed by atoms with Gasteiger partial charge in [0, 0.05) is 17.8 Å². The van der Waals surface area contributed by atoms with Crippen molar-refractivity contribution in [1.82, 2.24) is 10.6 Å². The lowest BCUT2D eigenvalue weighted by atomic mass is 10.1. The Labute approximate surface area is 106 Å². The van der Waals surface area contributed by atoms with Gasteiger partial charge in [0.1, 0.15) is 0 Å². The standard InChI is InChI=1S/C14H16N2O2/c1-10(7-11-5-3-2-4-6-11)15-9-12-8-13(17)16-14(12)18/h2-6,9-10,15H,7-8H2,1H3,(H,16,17,18)/b12-9+/t10-/m0/s1. The van der Waals surface area contributed by atoms with Crippen LogP contribution in [-0.4, -0.2) is 17.9 Å². The third-order valence-electron chi connectivity index (χ3n) is 2.82. The Morgan fingerprint density at radius 2 is 2.06 bits per heavy atom. The number of rotatable bonds is 4. The normalized spacial score (nSPS) is 18.8. The molecule has 4 nitrogen and oxygen atoms in total. The minimum atomic E-state index is -0.292. The van der Waals surface area contributed by atoms with E-state index in [4.69, 9.17) is 0 Å². The Hall–Kier alpha value is -2.10. The van der Waals surface area contributed by atoms with Crippen LogP contribution >= 0.6 is 0 Å². The fourth-order valence-electron chi connectivity index (χ4n) is 1.89. The molecule has 2 N–H and O–H groups in total. The molecule has 0 bridgehead atoms. The maximum Gasteiger partial charge on any atom is 0.255 e. The van der Waals surface area contributed by atoms with Gasteiger partial charge in [0.25, 0.3) is 5.91 Å². The van der Waals surface area contributed by atoms with Gasteiger partial charge in [-0.05, 0) is 18.9 Å². The zero-order chi connectivity index (χ0) is 13.0. The molecule has 1 fully saturated rings. The zero-order valence-electron chi connectivity index (χ0n) is 10.3. The van der Waals surface area contributed by atoms with Gasteiger partial charge in [-0.1, -0.05) is 30.3 Å². The van der Waals surface area contributed by atoms with E-state index in [0.29, 0.717) is 5.57 Å². The van der Waals surface area contributed by atoms with Crippen LogP contribution in [0.5, 0.6) is 0 Å². The van der Waals surface area contributed by atoms with Crippen molar-refractivity contribution in [2.75, 3.05) is 0 Å². The minimum Gasteiger partial charge on any atom is -0.388 e. The van der Waals surface area contributed by atoms with Crippen molar-refractivity contribution >= 4 is 11.8 Å². The monoisotopic (exact) mass is 244 g/mol. The van der Waals surface area contributed by atoms with E-state index in [1.54, 1.807) is 6.20 Å². The number of carbonyl (C=O) groups is 2. The van der Waals surface area contributed by atoms with E-state index in [1.165, 1.54) is 5.56 Å². The Balaban J connectivity index is 1.89. The highest BCUT2D eigenvalue weighted by Crippen LogP contribution is 2.08. The molecule has 0 aromatic heterocycles. The number of imide groups is 1. The topological polar surface area (TPSA) is 58.2 Å². The van der Waals surface area contributed by atoms with Crippen LogP contribution in [0.25, 0.3) is 0 Å². The summed E-state index contributed by atoms with van der Waals surface area (Å²) in [6.45, 7) is 2.04. The lowest BCUT2D eigenvalue weighted by molar-refractivity contribution is -0.124. The summed E-state index contributed by atoms with van der Waals surface area (Å²) >= 11 is 0. The van der Waals surface area contributed by atoms with Crippen molar-refractivity contribution in [3.05, 3.63) is 47.7 Å². The SMILES string of the molecule is C[C@@H](Cc1ccccc1)N/C=C1\CC(=O)NC1=O. The highest BCUT2D eigenvalue weighted by molar-refractivity contribution is 6.13. The van der Waals surface area contributed by atoms with Gasteiger partial charge in [-0.25, -0.2) is 0 Å². The fourth-order valence-corrected chi connectivity index (χ4v) is 1.89. The van der Waals surface area contributed by atoms with Crippen LogP contribution in [0, 0.1) is 0 Å². The Kier molecular flexibility index (Phi) is 3.77. The van der Waals surface area contributed by atoms with Crippen LogP contribution in [0.15, 0.2) is 42.1 Å². The molecule has 4 heteroatoms. The Morgan fingerprint density at radius 3 is 2.67 bits per heavy atom. The van der Waals surface area contributed by atoms with Gasteiger partial charge in [0.15, 0.2) is 0 Å². The van der Waals surface area contributed by atoms with Crippen LogP contribution in [0.1, 0.15) is 18.9 Å². The fraction of sp³-hybridized carbons (Fsp3) is 0.286. The molecule has 18 heavy (non-hydrogen) atoms. The van der Waals surface area contributed by atoms with E-state index in [2.05, 4.69) is 22.8 Å². The van der Waals surface area contributed by atoms with E-state index in [1.807, 2.05) is 25.1 Å². The Bertz CT molecular complexity index is 480. The van der Waals surface area contributed by atoms with E-state index in [9.17, 15) is 9.59 Å². The first-order valence-electron chi connectivity index (χ1n) is 5.98. The maximum atomic E-state index is 11.3. The molecule has 1 aromatic rings. The molecule has 0 spiro atoms. The third kappa shape index (κ3) is 3.20. The van der Waals surface area contributed by atoms with Gasteiger partial charge >= 0.3 is 0 Å². The van der Waals surface area contributed by atoms with Gasteiger partial charge in [0.05, 0.1) is 6.42 Å². The first-order valence-corrected chi connectivity index (χ1v) is 5.98. The molecule has 0 radical (unpaired) electrons. The van der Waals surface area contributed by atoms with Gasteiger partial charge in [-0.2, -0.15) is 0 Å². The molecule has 94 valence electrons. The van der Waals surface area contributed by atoms with E-state index in [-0.39, 0.29) is 24.3 Å². The second kappa shape index (κ2) is 5.49. The molecule has 2 rings (SSSR count). The van der Waals surface area contributed by atoms with Crippen LogP contribution in [0.4, 0.5) is 0 Å². The quantitative estimate of drug-likeness (QED) is 0.617. The van der Waals surface area contributed by atoms with Crippen LogP contribution in [-0.2, 0) is 16.0 Å². The molecule has 0 saturated carbocycles. The lowest BCUT2D eigenvalue weighted by Gasteiger charge is -2.12. The Morgan fingerprint density at radius 1 is 1.33 bits per heavy atom. The molecule has 1 aliphatic heterocycles. The average Bonchev–Trinajstić information content (AvgIpc) is 2.66. The van der Waals surface area contributed by atoms with Crippen molar-refractivity contribution in [2.24, 2.45) is 0 Å². The van der Waals surface area contributed by atoms with Crippen LogP contribution in [0.3, 0.4) is 0 Å². The van der Waals surface area contributed by atoms with Crippen molar-refractivity contribution in [3.8, 4) is 0 Å². The van der Waals surface area contributed by atoms with Gasteiger partial charge in [-0.3, -0.25) is 14.9 Å². The molecule has 0 aliphatic carbocycles. The van der Waals surface area contributed by atoms with Gasteiger partial charge in [-0.15, -0.1) is 0 Å². The van der Waals surface area contributed by atoms with E-state index in [0.717, 1.165) is 6.42 Å². The molecule has 1 aromatic carbocycles. The summed E-state index contributed by atoms with van der Waals surface area (Å²) in [4.78, 5) is 22.3. The van der Waals surface area contributed by atoms with E-state index >= 15 is 0 Å². The van der Waals surface area contributed by atoms with Gasteiger partial charge in [0.2, 0.25) is 5.91 Å². The molecular formula is C14H16N2O2. The highest BCUT2D eigenvalue weighted by atomic mass is 16.2. The number of benzene rings is 1. The van der Waals surface area contributed by atoms with Crippen molar-refractivity contribution in [1.29, 1.82) is 0 Å². The summed E-state index contributed by atoms with van der Waals surface area (Å²) < 4.78 is 0. The summed E-state index contributed by atoms with van der Waals surface area (Å²) in [6, 6.07) is 10.3. The van der Waals surface area contributed by atoms with Crippen molar-refractivity contribution < 1.29 is 9.59 Å². The zero-order valence-corrected chi connectivity index (χ0v) is 10.3. The number of carbonyl (C=O) groups excluding carboxylic acids is 2. The first-order chi connectivity index (χ1) is 8.65. The summed E-state index contributed by atoms with van der Waals surface area (Å²) in [5.41, 5.74) is 1.74.